The first-order valence-corrected chi connectivity index (χ1v) is 1.37. The second-order valence-electron chi connectivity index (χ2n) is 0.830. The van der Waals surface area contributed by atoms with Gasteiger partial charge in [-0.15, -0.1) is 13.2 Å². The molecule has 0 aromatic carbocycles. The molecule has 48 valence electrons. The molecule has 0 unspecified atom stereocenters. The second kappa shape index (κ2) is 1.85. The van der Waals surface area contributed by atoms with Crippen LogP contribution in [0.5, 0.6) is 0 Å². The molecular formula is CHF3N2O2. The van der Waals surface area contributed by atoms with Gasteiger partial charge in [0.1, 0.15) is 0 Å². The third-order valence-corrected chi connectivity index (χ3v) is 0.298. The molecule has 0 fully saturated rings. The van der Waals surface area contributed by atoms with Gasteiger partial charge in [0, 0.05) is 0 Å². The highest BCUT2D eigenvalue weighted by molar-refractivity contribution is 4.16. The van der Waals surface area contributed by atoms with Crippen LogP contribution in [-0.4, -0.2) is 16.4 Å². The van der Waals surface area contributed by atoms with Crippen molar-refractivity contribution in [3.63, 3.8) is 0 Å². The maximum atomic E-state index is 10.8. The molecule has 0 aliphatic rings. The predicted octanol–water partition coefficient (Wildman–Crippen LogP) is 0.858. The van der Waals surface area contributed by atoms with Crippen LogP contribution in [0.3, 0.4) is 0 Å². The van der Waals surface area contributed by atoms with Crippen molar-refractivity contribution >= 4 is 0 Å². The van der Waals surface area contributed by atoms with Crippen LogP contribution in [0.1, 0.15) is 0 Å². The third-order valence-electron chi connectivity index (χ3n) is 0.298. The van der Waals surface area contributed by atoms with Crippen LogP contribution in [0.25, 0.3) is 0 Å². The summed E-state index contributed by atoms with van der Waals surface area (Å²) < 4.78 is 32.4. The van der Waals surface area contributed by atoms with Gasteiger partial charge in [-0.05, 0) is 0 Å². The Morgan fingerprint density at radius 2 is 1.88 bits per heavy atom. The molecule has 0 aliphatic carbocycles. The van der Waals surface area contributed by atoms with E-state index in [-0.39, 0.29) is 0 Å². The monoisotopic (exact) mass is 130 g/mol. The molecule has 0 radical (unpaired) electrons. The Balaban J connectivity index is 4.03. The summed E-state index contributed by atoms with van der Waals surface area (Å²) in [6.07, 6.45) is -5.13. The van der Waals surface area contributed by atoms with Gasteiger partial charge in [0.15, 0.2) is 0 Å². The van der Waals surface area contributed by atoms with Crippen molar-refractivity contribution in [2.24, 2.45) is 5.28 Å². The maximum Gasteiger partial charge on any atom is 0.671 e. The zero-order valence-electron chi connectivity index (χ0n) is 3.38. The van der Waals surface area contributed by atoms with E-state index in [2.05, 4.69) is 0 Å². The van der Waals surface area contributed by atoms with Crippen molar-refractivity contribution in [3.05, 3.63) is 5.21 Å². The molecule has 8 heavy (non-hydrogen) atoms. The SMILES string of the molecule is [O-]/[N+](=N\O)C(F)(F)F. The van der Waals surface area contributed by atoms with E-state index < -0.39 is 11.2 Å². The minimum atomic E-state index is -5.13. The van der Waals surface area contributed by atoms with Crippen LogP contribution in [-0.2, 0) is 0 Å². The molecule has 0 aromatic rings. The number of hydrogen-bond donors (Lipinski definition) is 1. The number of hydrogen-bond acceptors (Lipinski definition) is 2. The van der Waals surface area contributed by atoms with Gasteiger partial charge in [0.2, 0.25) is 5.28 Å². The average Bonchev–Trinajstić information content (AvgIpc) is 1.62. The van der Waals surface area contributed by atoms with E-state index in [1.54, 1.807) is 0 Å². The highest BCUT2D eigenvalue weighted by Gasteiger charge is 2.43. The van der Waals surface area contributed by atoms with Crippen molar-refractivity contribution < 1.29 is 23.2 Å². The maximum absolute atomic E-state index is 10.8. The molecule has 0 aromatic heterocycles. The highest BCUT2D eigenvalue weighted by atomic mass is 19.4. The molecule has 0 heterocycles. The van der Waals surface area contributed by atoms with Crippen molar-refractivity contribution in [2.75, 3.05) is 0 Å². The summed E-state index contributed by atoms with van der Waals surface area (Å²) in [6, 6.07) is 0. The van der Waals surface area contributed by atoms with E-state index in [0.29, 0.717) is 0 Å². The molecule has 4 nitrogen and oxygen atoms in total. The average molecular weight is 130 g/mol. The van der Waals surface area contributed by atoms with E-state index in [1.165, 1.54) is 5.28 Å². The van der Waals surface area contributed by atoms with Gasteiger partial charge in [-0.3, -0.25) is 0 Å². The summed E-state index contributed by atoms with van der Waals surface area (Å²) in [5.41, 5.74) is 0. The molecule has 0 bridgehead atoms. The molecule has 0 amide bonds. The Labute approximate surface area is 41.4 Å². The van der Waals surface area contributed by atoms with Crippen molar-refractivity contribution in [2.45, 2.75) is 6.30 Å². The summed E-state index contributed by atoms with van der Waals surface area (Å²) in [6.45, 7) is 0. The van der Waals surface area contributed by atoms with Gasteiger partial charge >= 0.3 is 6.30 Å². The Morgan fingerprint density at radius 1 is 1.50 bits per heavy atom. The van der Waals surface area contributed by atoms with E-state index in [4.69, 9.17) is 5.21 Å². The lowest BCUT2D eigenvalue weighted by atomic mass is 11.2. The Kier molecular flexibility index (Phi) is 1.61. The smallest absolute Gasteiger partial charge is 0.590 e. The fraction of sp³-hybridized carbons (Fsp3) is 1.00. The standard InChI is InChI=1S/CHF3N2O2/c2-1(3,4)6(8)5-7/h7H/b6-5-. The zero-order chi connectivity index (χ0) is 6.78. The Bertz CT molecular complexity index is 106. The molecule has 0 saturated heterocycles. The fourth-order valence-corrected chi connectivity index (χ4v) is 0.0507. The summed E-state index contributed by atoms with van der Waals surface area (Å²) in [4.78, 5) is -1.76. The van der Waals surface area contributed by atoms with Gasteiger partial charge in [0.25, 0.3) is 0 Å². The van der Waals surface area contributed by atoms with Crippen LogP contribution in [0, 0.1) is 5.21 Å². The van der Waals surface area contributed by atoms with Gasteiger partial charge in [-0.1, -0.05) is 0 Å². The topological polar surface area (TPSA) is 58.7 Å². The third kappa shape index (κ3) is 1.63. The molecule has 0 atom stereocenters. The zero-order valence-corrected chi connectivity index (χ0v) is 3.38. The Morgan fingerprint density at radius 3 is 1.88 bits per heavy atom. The van der Waals surface area contributed by atoms with Gasteiger partial charge in [-0.2, -0.15) is 0 Å². The molecule has 0 saturated carbocycles. The van der Waals surface area contributed by atoms with Gasteiger partial charge in [-0.25, -0.2) is 0 Å². The van der Waals surface area contributed by atoms with Crippen molar-refractivity contribution in [3.8, 4) is 0 Å². The first-order valence-electron chi connectivity index (χ1n) is 1.37. The lowest BCUT2D eigenvalue weighted by Gasteiger charge is -1.97. The van der Waals surface area contributed by atoms with Crippen LogP contribution in [0.4, 0.5) is 13.2 Å². The lowest BCUT2D eigenvalue weighted by Crippen LogP contribution is -2.21. The normalized spacial score (nSPS) is 14.1. The predicted molar refractivity (Wildman–Crippen MR) is 13.9 cm³/mol. The van der Waals surface area contributed by atoms with E-state index in [1.807, 2.05) is 0 Å². The number of rotatable bonds is 0. The molecular weight excluding hydrogens is 129 g/mol. The molecule has 0 aliphatic heterocycles. The summed E-state index contributed by atoms with van der Waals surface area (Å²) >= 11 is 0. The van der Waals surface area contributed by atoms with E-state index >= 15 is 0 Å². The van der Waals surface area contributed by atoms with Crippen LogP contribution >= 0.6 is 0 Å². The van der Waals surface area contributed by atoms with Gasteiger partial charge in [0.05, 0.1) is 4.86 Å². The first kappa shape index (κ1) is 6.99. The second-order valence-corrected chi connectivity index (χ2v) is 0.830. The molecule has 0 rings (SSSR count). The Hall–Kier alpha value is -1.01. The first-order chi connectivity index (χ1) is 3.48. The van der Waals surface area contributed by atoms with Crippen molar-refractivity contribution in [1.29, 1.82) is 0 Å². The van der Waals surface area contributed by atoms with Crippen LogP contribution < -0.4 is 0 Å². The summed E-state index contributed by atoms with van der Waals surface area (Å²) in [7, 11) is 0. The van der Waals surface area contributed by atoms with Gasteiger partial charge < -0.3 is 10.4 Å². The van der Waals surface area contributed by atoms with Crippen molar-refractivity contribution in [1.82, 2.24) is 0 Å². The number of hydroxylamine groups is 1. The number of nitrogens with zero attached hydrogens (tertiary/aromatic N) is 2. The summed E-state index contributed by atoms with van der Waals surface area (Å²) in [5, 5.41) is 17.7. The molecule has 0 spiro atoms. The van der Waals surface area contributed by atoms with E-state index in [9.17, 15) is 18.4 Å². The minimum absolute atomic E-state index is 1.31. The van der Waals surface area contributed by atoms with E-state index in [0.717, 1.165) is 0 Å². The van der Waals surface area contributed by atoms with Crippen LogP contribution in [0.15, 0.2) is 5.28 Å². The van der Waals surface area contributed by atoms with Crippen LogP contribution in [0.2, 0.25) is 0 Å². The summed E-state index contributed by atoms with van der Waals surface area (Å²) in [5.74, 6) is 0. The largest absolute Gasteiger partial charge is 0.671 e. The quantitative estimate of drug-likeness (QED) is 0.229. The molecule has 1 N–H and O–H groups in total. The lowest BCUT2D eigenvalue weighted by molar-refractivity contribution is -0.728. The minimum Gasteiger partial charge on any atom is -0.590 e. The molecule has 7 heteroatoms. The number of alkyl halides is 3. The fourth-order valence-electron chi connectivity index (χ4n) is 0.0507. The highest BCUT2D eigenvalue weighted by Crippen LogP contribution is 2.14. The number of halogens is 3.